The van der Waals surface area contributed by atoms with Gasteiger partial charge in [-0.15, -0.1) is 0 Å². The molecule has 0 saturated carbocycles. The summed E-state index contributed by atoms with van der Waals surface area (Å²) in [4.78, 5) is 23.8. The number of hydrogen-bond donors (Lipinski definition) is 3. The third-order valence-electron chi connectivity index (χ3n) is 1.98. The molecule has 17 heavy (non-hydrogen) atoms. The largest absolute Gasteiger partial charge is 0.506 e. The molecule has 0 fully saturated rings. The maximum Gasteiger partial charge on any atom is 0.335 e. The average Bonchev–Trinajstić information content (AvgIpc) is 2.19. The van der Waals surface area contributed by atoms with Crippen LogP contribution < -0.4 is 5.32 Å². The number of likely N-dealkylation sites (N-methyl/N-ethyl adjacent to an activating group) is 1. The SMILES string of the molecule is CN(C)CC(=O)Nc1cc(C(=O)O)ccc1O. The van der Waals surface area contributed by atoms with Crippen molar-refractivity contribution >= 4 is 17.6 Å². The number of amides is 1. The molecule has 6 nitrogen and oxygen atoms in total. The van der Waals surface area contributed by atoms with Gasteiger partial charge >= 0.3 is 5.97 Å². The summed E-state index contributed by atoms with van der Waals surface area (Å²) in [6, 6.07) is 3.71. The molecule has 1 amide bonds. The van der Waals surface area contributed by atoms with Crippen molar-refractivity contribution in [2.24, 2.45) is 0 Å². The molecule has 0 bridgehead atoms. The van der Waals surface area contributed by atoms with E-state index in [0.717, 1.165) is 0 Å². The Bertz CT molecular complexity index is 443. The van der Waals surface area contributed by atoms with Crippen molar-refractivity contribution in [2.45, 2.75) is 0 Å². The highest BCUT2D eigenvalue weighted by Crippen LogP contribution is 2.24. The van der Waals surface area contributed by atoms with Crippen LogP contribution in [0.25, 0.3) is 0 Å². The number of anilines is 1. The molecule has 92 valence electrons. The minimum absolute atomic E-state index is 0.00273. The summed E-state index contributed by atoms with van der Waals surface area (Å²) in [5.74, 6) is -1.61. The summed E-state index contributed by atoms with van der Waals surface area (Å²) in [5.41, 5.74) is 0.0969. The Morgan fingerprint density at radius 2 is 2.00 bits per heavy atom. The van der Waals surface area contributed by atoms with Crippen molar-refractivity contribution in [3.63, 3.8) is 0 Å². The van der Waals surface area contributed by atoms with Crippen molar-refractivity contribution in [2.75, 3.05) is 26.0 Å². The maximum atomic E-state index is 11.4. The third-order valence-corrected chi connectivity index (χ3v) is 1.98. The number of aromatic hydroxyl groups is 1. The van der Waals surface area contributed by atoms with E-state index in [4.69, 9.17) is 5.11 Å². The van der Waals surface area contributed by atoms with Gasteiger partial charge in [0, 0.05) is 0 Å². The topological polar surface area (TPSA) is 89.9 Å². The van der Waals surface area contributed by atoms with Gasteiger partial charge in [-0.05, 0) is 32.3 Å². The second kappa shape index (κ2) is 5.31. The number of carboxylic acid groups (broad SMARTS) is 1. The number of carbonyl (C=O) groups excluding carboxylic acids is 1. The predicted molar refractivity (Wildman–Crippen MR) is 62.2 cm³/mol. The molecule has 1 aromatic rings. The second-order valence-corrected chi connectivity index (χ2v) is 3.82. The van der Waals surface area contributed by atoms with Gasteiger partial charge in [0.1, 0.15) is 5.75 Å². The molecule has 1 aromatic carbocycles. The van der Waals surface area contributed by atoms with E-state index in [0.29, 0.717) is 0 Å². The van der Waals surface area contributed by atoms with Gasteiger partial charge in [-0.3, -0.25) is 4.79 Å². The average molecular weight is 238 g/mol. The molecule has 3 N–H and O–H groups in total. The predicted octanol–water partition coefficient (Wildman–Crippen LogP) is 0.590. The van der Waals surface area contributed by atoms with Crippen molar-refractivity contribution < 1.29 is 19.8 Å². The van der Waals surface area contributed by atoms with Crippen LogP contribution in [-0.2, 0) is 4.79 Å². The number of benzene rings is 1. The Morgan fingerprint density at radius 1 is 1.35 bits per heavy atom. The Balaban J connectivity index is 2.86. The Labute approximate surface area is 98.5 Å². The van der Waals surface area contributed by atoms with Crippen LogP contribution in [0, 0.1) is 0 Å². The van der Waals surface area contributed by atoms with Gasteiger partial charge in [-0.1, -0.05) is 0 Å². The fourth-order valence-corrected chi connectivity index (χ4v) is 1.25. The number of carbonyl (C=O) groups is 2. The van der Waals surface area contributed by atoms with E-state index < -0.39 is 5.97 Å². The first kappa shape index (κ1) is 13.0. The highest BCUT2D eigenvalue weighted by molar-refractivity contribution is 5.96. The summed E-state index contributed by atoms with van der Waals surface area (Å²) in [7, 11) is 3.46. The zero-order valence-corrected chi connectivity index (χ0v) is 9.60. The van der Waals surface area contributed by atoms with Gasteiger partial charge in [0.15, 0.2) is 0 Å². The Hall–Kier alpha value is -2.08. The van der Waals surface area contributed by atoms with E-state index in [1.54, 1.807) is 19.0 Å². The first-order valence-electron chi connectivity index (χ1n) is 4.91. The van der Waals surface area contributed by atoms with Crippen LogP contribution in [0.1, 0.15) is 10.4 Å². The minimum atomic E-state index is -1.12. The molecule has 0 aromatic heterocycles. The maximum absolute atomic E-state index is 11.4. The zero-order chi connectivity index (χ0) is 13.0. The Morgan fingerprint density at radius 3 is 2.53 bits per heavy atom. The summed E-state index contributed by atoms with van der Waals surface area (Å²) in [5, 5.41) is 20.7. The fraction of sp³-hybridized carbons (Fsp3) is 0.273. The number of nitrogens with one attached hydrogen (secondary N) is 1. The van der Waals surface area contributed by atoms with Crippen LogP contribution >= 0.6 is 0 Å². The first-order chi connectivity index (χ1) is 7.90. The highest BCUT2D eigenvalue weighted by Gasteiger charge is 2.10. The van der Waals surface area contributed by atoms with Crippen molar-refractivity contribution in [1.82, 2.24) is 4.90 Å². The van der Waals surface area contributed by atoms with E-state index in [2.05, 4.69) is 5.32 Å². The van der Waals surface area contributed by atoms with E-state index in [9.17, 15) is 14.7 Å². The zero-order valence-electron chi connectivity index (χ0n) is 9.60. The number of phenols is 1. The summed E-state index contributed by atoms with van der Waals surface area (Å²) < 4.78 is 0. The Kier molecular flexibility index (Phi) is 4.06. The normalized spacial score (nSPS) is 10.3. The molecule has 0 saturated heterocycles. The summed E-state index contributed by atoms with van der Waals surface area (Å²) >= 11 is 0. The van der Waals surface area contributed by atoms with E-state index in [-0.39, 0.29) is 29.5 Å². The molecule has 0 aliphatic rings. The number of nitrogens with zero attached hydrogens (tertiary/aromatic N) is 1. The van der Waals surface area contributed by atoms with E-state index in [1.807, 2.05) is 0 Å². The molecule has 0 heterocycles. The van der Waals surface area contributed by atoms with Gasteiger partial charge in [-0.2, -0.15) is 0 Å². The molecule has 0 radical (unpaired) electrons. The molecule has 6 heteroatoms. The number of phenolic OH excluding ortho intramolecular Hbond substituents is 1. The minimum Gasteiger partial charge on any atom is -0.506 e. The monoisotopic (exact) mass is 238 g/mol. The lowest BCUT2D eigenvalue weighted by atomic mass is 10.2. The molecule has 0 unspecified atom stereocenters. The number of carboxylic acids is 1. The molecule has 0 atom stereocenters. The molecule has 0 aliphatic carbocycles. The molecule has 0 aliphatic heterocycles. The van der Waals surface area contributed by atoms with Gasteiger partial charge in [-0.25, -0.2) is 4.79 Å². The molecular formula is C11H14N2O4. The molecular weight excluding hydrogens is 224 g/mol. The quantitative estimate of drug-likeness (QED) is 0.668. The smallest absolute Gasteiger partial charge is 0.335 e. The second-order valence-electron chi connectivity index (χ2n) is 3.82. The van der Waals surface area contributed by atoms with E-state index in [1.165, 1.54) is 18.2 Å². The van der Waals surface area contributed by atoms with Crippen LogP contribution in [0.5, 0.6) is 5.75 Å². The standard InChI is InChI=1S/C11H14N2O4/c1-13(2)6-10(15)12-8-5-7(11(16)17)3-4-9(8)14/h3-5,14H,6H2,1-2H3,(H,12,15)(H,16,17). The first-order valence-corrected chi connectivity index (χ1v) is 4.91. The lowest BCUT2D eigenvalue weighted by Crippen LogP contribution is -2.27. The lowest BCUT2D eigenvalue weighted by molar-refractivity contribution is -0.116. The third kappa shape index (κ3) is 3.76. The highest BCUT2D eigenvalue weighted by atomic mass is 16.4. The van der Waals surface area contributed by atoms with Gasteiger partial charge in [0.25, 0.3) is 0 Å². The van der Waals surface area contributed by atoms with Crippen molar-refractivity contribution in [3.05, 3.63) is 23.8 Å². The van der Waals surface area contributed by atoms with Crippen molar-refractivity contribution in [3.8, 4) is 5.75 Å². The van der Waals surface area contributed by atoms with Gasteiger partial charge in [0.05, 0.1) is 17.8 Å². The van der Waals surface area contributed by atoms with Crippen molar-refractivity contribution in [1.29, 1.82) is 0 Å². The van der Waals surface area contributed by atoms with Crippen LogP contribution in [0.4, 0.5) is 5.69 Å². The summed E-state index contributed by atoms with van der Waals surface area (Å²) in [6.45, 7) is 0.150. The van der Waals surface area contributed by atoms with Crippen LogP contribution in [0.15, 0.2) is 18.2 Å². The van der Waals surface area contributed by atoms with Crippen LogP contribution in [0.2, 0.25) is 0 Å². The fourth-order valence-electron chi connectivity index (χ4n) is 1.25. The van der Waals surface area contributed by atoms with Gasteiger partial charge in [0.2, 0.25) is 5.91 Å². The molecule has 0 spiro atoms. The van der Waals surface area contributed by atoms with Crippen LogP contribution in [0.3, 0.4) is 0 Å². The number of hydrogen-bond acceptors (Lipinski definition) is 4. The van der Waals surface area contributed by atoms with Gasteiger partial charge < -0.3 is 20.4 Å². The van der Waals surface area contributed by atoms with E-state index >= 15 is 0 Å². The summed E-state index contributed by atoms with van der Waals surface area (Å²) in [6.07, 6.45) is 0. The number of rotatable bonds is 4. The van der Waals surface area contributed by atoms with Crippen LogP contribution in [-0.4, -0.2) is 47.6 Å². The lowest BCUT2D eigenvalue weighted by Gasteiger charge is -2.11. The molecule has 1 rings (SSSR count). The number of aromatic carboxylic acids is 1.